The molecule has 7 heteroatoms. The number of carbonyl (C=O) groups is 2. The van der Waals surface area contributed by atoms with Gasteiger partial charge in [-0.2, -0.15) is 0 Å². The van der Waals surface area contributed by atoms with Gasteiger partial charge in [-0.3, -0.25) is 4.90 Å². The Morgan fingerprint density at radius 2 is 2.05 bits per heavy atom. The largest absolute Gasteiger partial charge is 0.480 e. The van der Waals surface area contributed by atoms with E-state index in [0.717, 1.165) is 32.1 Å². The summed E-state index contributed by atoms with van der Waals surface area (Å²) in [6, 6.07) is -0.941. The van der Waals surface area contributed by atoms with E-state index in [4.69, 9.17) is 4.74 Å². The first kappa shape index (κ1) is 15.0. The summed E-state index contributed by atoms with van der Waals surface area (Å²) < 4.78 is 5.39. The van der Waals surface area contributed by atoms with Gasteiger partial charge in [0.15, 0.2) is 0 Å². The molecule has 21 heavy (non-hydrogen) atoms. The summed E-state index contributed by atoms with van der Waals surface area (Å²) in [6.07, 6.45) is 5.12. The number of nitrogens with zero attached hydrogens (tertiary/aromatic N) is 1. The van der Waals surface area contributed by atoms with E-state index in [1.165, 1.54) is 0 Å². The van der Waals surface area contributed by atoms with Gasteiger partial charge in [0.1, 0.15) is 6.04 Å². The number of thioether (sulfide) groups is 1. The van der Waals surface area contributed by atoms with E-state index in [-0.39, 0.29) is 23.6 Å². The van der Waals surface area contributed by atoms with E-state index in [1.807, 2.05) is 0 Å². The molecule has 3 fully saturated rings. The third-order valence-electron chi connectivity index (χ3n) is 4.64. The number of urea groups is 1. The zero-order chi connectivity index (χ0) is 15.0. The number of nitrogens with one attached hydrogen (secondary N) is 1. The van der Waals surface area contributed by atoms with E-state index >= 15 is 0 Å². The van der Waals surface area contributed by atoms with Crippen molar-refractivity contribution in [2.24, 2.45) is 5.92 Å². The highest BCUT2D eigenvalue weighted by atomic mass is 32.2. The molecule has 3 aliphatic rings. The van der Waals surface area contributed by atoms with Crippen LogP contribution in [0.5, 0.6) is 0 Å². The Labute approximate surface area is 128 Å². The zero-order valence-corrected chi connectivity index (χ0v) is 13.0. The minimum absolute atomic E-state index is 0.00222. The standard InChI is InChI=1S/C14H22N2O4S/c1-20-11-4-2-3-9(11)15-14(19)16-10(13(17)18)7-21-12(16)8-5-6-8/h8-12H,2-7H2,1H3,(H,15,19)(H,17,18). The minimum atomic E-state index is -0.907. The molecular weight excluding hydrogens is 292 g/mol. The second kappa shape index (κ2) is 6.04. The smallest absolute Gasteiger partial charge is 0.327 e. The molecule has 2 aliphatic carbocycles. The van der Waals surface area contributed by atoms with Crippen molar-refractivity contribution in [3.05, 3.63) is 0 Å². The van der Waals surface area contributed by atoms with Crippen LogP contribution in [0.15, 0.2) is 0 Å². The number of aliphatic carboxylic acids is 1. The maximum Gasteiger partial charge on any atom is 0.327 e. The van der Waals surface area contributed by atoms with Crippen molar-refractivity contribution in [3.8, 4) is 0 Å². The summed E-state index contributed by atoms with van der Waals surface area (Å²) in [5.41, 5.74) is 0. The summed E-state index contributed by atoms with van der Waals surface area (Å²) in [5, 5.41) is 12.4. The van der Waals surface area contributed by atoms with Crippen LogP contribution in [-0.4, -0.2) is 58.4 Å². The minimum Gasteiger partial charge on any atom is -0.480 e. The van der Waals surface area contributed by atoms with Crippen molar-refractivity contribution in [1.29, 1.82) is 0 Å². The Morgan fingerprint density at radius 1 is 1.29 bits per heavy atom. The van der Waals surface area contributed by atoms with Gasteiger partial charge in [0, 0.05) is 12.9 Å². The van der Waals surface area contributed by atoms with Crippen LogP contribution in [0, 0.1) is 5.92 Å². The second-order valence-electron chi connectivity index (χ2n) is 6.08. The average molecular weight is 314 g/mol. The van der Waals surface area contributed by atoms with Gasteiger partial charge in [-0.25, -0.2) is 9.59 Å². The number of ether oxygens (including phenoxy) is 1. The fraction of sp³-hybridized carbons (Fsp3) is 0.857. The molecule has 3 rings (SSSR count). The van der Waals surface area contributed by atoms with E-state index in [0.29, 0.717) is 11.7 Å². The second-order valence-corrected chi connectivity index (χ2v) is 7.23. The lowest BCUT2D eigenvalue weighted by molar-refractivity contribution is -0.141. The number of hydrogen-bond donors (Lipinski definition) is 2. The van der Waals surface area contributed by atoms with Crippen molar-refractivity contribution in [3.63, 3.8) is 0 Å². The number of hydrogen-bond acceptors (Lipinski definition) is 4. The number of carboxylic acid groups (broad SMARTS) is 1. The molecule has 2 amide bonds. The molecule has 2 saturated carbocycles. The van der Waals surface area contributed by atoms with Gasteiger partial charge in [-0.1, -0.05) is 0 Å². The molecule has 0 aromatic heterocycles. The number of carbonyl (C=O) groups excluding carboxylic acids is 1. The Balaban J connectivity index is 1.69. The van der Waals surface area contributed by atoms with E-state index in [2.05, 4.69) is 5.32 Å². The summed E-state index contributed by atoms with van der Waals surface area (Å²) in [7, 11) is 1.66. The van der Waals surface area contributed by atoms with Crippen LogP contribution in [0.25, 0.3) is 0 Å². The highest BCUT2D eigenvalue weighted by molar-refractivity contribution is 8.00. The van der Waals surface area contributed by atoms with E-state index in [1.54, 1.807) is 23.8 Å². The molecule has 0 aromatic carbocycles. The van der Waals surface area contributed by atoms with Gasteiger partial charge in [0.2, 0.25) is 0 Å². The number of methoxy groups -OCH3 is 1. The van der Waals surface area contributed by atoms with Crippen molar-refractivity contribution in [2.45, 2.75) is 55.7 Å². The van der Waals surface area contributed by atoms with Crippen molar-refractivity contribution in [1.82, 2.24) is 10.2 Å². The average Bonchev–Trinajstić information content (AvgIpc) is 3.03. The number of amides is 2. The predicted octanol–water partition coefficient (Wildman–Crippen LogP) is 1.50. The van der Waals surface area contributed by atoms with Gasteiger partial charge in [-0.05, 0) is 38.0 Å². The predicted molar refractivity (Wildman–Crippen MR) is 79.2 cm³/mol. The fourth-order valence-electron chi connectivity index (χ4n) is 3.33. The monoisotopic (exact) mass is 314 g/mol. The third kappa shape index (κ3) is 2.99. The molecule has 6 nitrogen and oxygen atoms in total. The van der Waals surface area contributed by atoms with Crippen LogP contribution < -0.4 is 5.32 Å². The molecule has 1 aliphatic heterocycles. The molecule has 0 radical (unpaired) electrons. The Bertz CT molecular complexity index is 429. The Hall–Kier alpha value is -0.950. The first-order valence-corrected chi connectivity index (χ1v) is 8.62. The summed E-state index contributed by atoms with van der Waals surface area (Å²) >= 11 is 1.60. The van der Waals surface area contributed by atoms with Gasteiger partial charge < -0.3 is 15.2 Å². The van der Waals surface area contributed by atoms with Crippen molar-refractivity contribution < 1.29 is 19.4 Å². The molecule has 1 saturated heterocycles. The molecule has 0 aromatic rings. The van der Waals surface area contributed by atoms with Crippen LogP contribution in [0.3, 0.4) is 0 Å². The zero-order valence-electron chi connectivity index (χ0n) is 12.2. The lowest BCUT2D eigenvalue weighted by Gasteiger charge is -2.30. The molecule has 4 atom stereocenters. The van der Waals surface area contributed by atoms with Crippen LogP contribution in [0.1, 0.15) is 32.1 Å². The molecule has 4 unspecified atom stereocenters. The molecule has 0 bridgehead atoms. The molecule has 0 spiro atoms. The third-order valence-corrected chi connectivity index (χ3v) is 6.11. The van der Waals surface area contributed by atoms with Crippen molar-refractivity contribution >= 4 is 23.8 Å². The van der Waals surface area contributed by atoms with E-state index < -0.39 is 12.0 Å². The van der Waals surface area contributed by atoms with Gasteiger partial charge in [-0.15, -0.1) is 11.8 Å². The fourth-order valence-corrected chi connectivity index (χ4v) is 4.96. The lowest BCUT2D eigenvalue weighted by Crippen LogP contribution is -2.54. The lowest BCUT2D eigenvalue weighted by atomic mass is 10.2. The molecule has 118 valence electrons. The molecule has 1 heterocycles. The number of carboxylic acids is 1. The first-order chi connectivity index (χ1) is 10.1. The summed E-state index contributed by atoms with van der Waals surface area (Å²) in [6.45, 7) is 0. The van der Waals surface area contributed by atoms with Gasteiger partial charge >= 0.3 is 12.0 Å². The maximum atomic E-state index is 12.6. The summed E-state index contributed by atoms with van der Waals surface area (Å²) in [4.78, 5) is 25.6. The quantitative estimate of drug-likeness (QED) is 0.822. The maximum absolute atomic E-state index is 12.6. The van der Waals surface area contributed by atoms with Gasteiger partial charge in [0.05, 0.1) is 17.5 Å². The number of rotatable bonds is 4. The van der Waals surface area contributed by atoms with Gasteiger partial charge in [0.25, 0.3) is 0 Å². The van der Waals surface area contributed by atoms with Crippen LogP contribution in [0.4, 0.5) is 4.79 Å². The SMILES string of the molecule is COC1CCCC1NC(=O)N1C(C(=O)O)CSC1C1CC1. The van der Waals surface area contributed by atoms with Crippen LogP contribution >= 0.6 is 11.8 Å². The Morgan fingerprint density at radius 3 is 2.67 bits per heavy atom. The molecule has 2 N–H and O–H groups in total. The molecular formula is C14H22N2O4S. The van der Waals surface area contributed by atoms with Crippen LogP contribution in [0.2, 0.25) is 0 Å². The highest BCUT2D eigenvalue weighted by Crippen LogP contribution is 2.45. The normalized spacial score (nSPS) is 36.0. The summed E-state index contributed by atoms with van der Waals surface area (Å²) in [5.74, 6) is 0.0462. The Kier molecular flexibility index (Phi) is 4.31. The first-order valence-electron chi connectivity index (χ1n) is 7.58. The highest BCUT2D eigenvalue weighted by Gasteiger charge is 2.48. The topological polar surface area (TPSA) is 78.9 Å². The van der Waals surface area contributed by atoms with Crippen molar-refractivity contribution in [2.75, 3.05) is 12.9 Å². The van der Waals surface area contributed by atoms with Crippen LogP contribution in [-0.2, 0) is 9.53 Å². The van der Waals surface area contributed by atoms with E-state index in [9.17, 15) is 14.7 Å².